The van der Waals surface area contributed by atoms with E-state index in [1.165, 1.54) is 31.4 Å². The number of para-hydroxylation sites is 1. The van der Waals surface area contributed by atoms with Crippen molar-refractivity contribution in [1.29, 1.82) is 0 Å². The maximum absolute atomic E-state index is 15.1. The van der Waals surface area contributed by atoms with Crippen LogP contribution in [0.5, 0.6) is 11.6 Å². The lowest BCUT2D eigenvalue weighted by Gasteiger charge is -2.53. The molecule has 0 saturated carbocycles. The third-order valence-electron chi connectivity index (χ3n) is 9.38. The van der Waals surface area contributed by atoms with E-state index in [2.05, 4.69) is 14.8 Å². The van der Waals surface area contributed by atoms with Crippen molar-refractivity contribution in [2.24, 2.45) is 0 Å². The van der Waals surface area contributed by atoms with Crippen LogP contribution in [0.25, 0.3) is 0 Å². The number of alkyl halides is 1. The maximum Gasteiger partial charge on any atom is 0.408 e. The van der Waals surface area contributed by atoms with Crippen LogP contribution in [0.15, 0.2) is 65.7 Å². The minimum absolute atomic E-state index is 0.00565. The van der Waals surface area contributed by atoms with E-state index in [4.69, 9.17) is 21.1 Å². The Bertz CT molecular complexity index is 1810. The van der Waals surface area contributed by atoms with E-state index >= 15 is 4.39 Å². The lowest BCUT2D eigenvalue weighted by Crippen LogP contribution is -2.65. The third-order valence-corrected chi connectivity index (χ3v) is 11.5. The summed E-state index contributed by atoms with van der Waals surface area (Å²) < 4.78 is 55.7. The molecule has 2 fully saturated rings. The van der Waals surface area contributed by atoms with Crippen LogP contribution in [0.4, 0.5) is 14.9 Å². The zero-order valence-corrected chi connectivity index (χ0v) is 28.3. The van der Waals surface area contributed by atoms with Crippen molar-refractivity contribution in [3.05, 3.63) is 77.7 Å². The fraction of sp³-hybridized carbons (Fsp3) is 0.424. The van der Waals surface area contributed by atoms with Gasteiger partial charge in [0.2, 0.25) is 5.88 Å². The quantitative estimate of drug-likeness (QED) is 0.264. The molecular weight excluding hydrogens is 665 g/mol. The minimum Gasteiger partial charge on any atom is -0.495 e. The Balaban J connectivity index is 1.59. The number of sulfonamides is 1. The Morgan fingerprint density at radius 1 is 1.10 bits per heavy atom. The van der Waals surface area contributed by atoms with Crippen molar-refractivity contribution in [2.75, 3.05) is 44.7 Å². The van der Waals surface area contributed by atoms with E-state index in [0.717, 1.165) is 43.0 Å². The van der Waals surface area contributed by atoms with Crippen LogP contribution in [0.2, 0.25) is 0 Å². The van der Waals surface area contributed by atoms with Crippen molar-refractivity contribution in [2.45, 2.75) is 54.2 Å². The summed E-state index contributed by atoms with van der Waals surface area (Å²) in [7, 11) is -1.30. The summed E-state index contributed by atoms with van der Waals surface area (Å²) >= 11 is 6.93. The number of aromatic nitrogens is 1. The van der Waals surface area contributed by atoms with Crippen LogP contribution in [0.1, 0.15) is 42.9 Å². The first kappa shape index (κ1) is 33.9. The van der Waals surface area contributed by atoms with Crippen molar-refractivity contribution in [3.63, 3.8) is 0 Å². The summed E-state index contributed by atoms with van der Waals surface area (Å²) in [6.07, 6.45) is 1.61. The normalized spacial score (nSPS) is 24.1. The standard InChI is InChI=1S/C33H37ClFN5O7S/c1-4-47-31-22(8-7-15-36-31)29-30(39(33(42)43)27(34)19-38(29)21-13-16-37(2)17-14-21)28-23-18-20(35)11-12-24(23)40(32(28)41)48(44,45)26-10-6-5-9-25(26)46-3/h5-12,15,18,21,27-30H,4,13-14,16-17,19H2,1-3H3,(H,42,43). The molecule has 3 aliphatic rings. The van der Waals surface area contributed by atoms with Gasteiger partial charge in [-0.25, -0.2) is 26.9 Å². The van der Waals surface area contributed by atoms with Crippen LogP contribution in [0.3, 0.4) is 0 Å². The summed E-state index contributed by atoms with van der Waals surface area (Å²) in [6.45, 7) is 3.73. The predicted octanol–water partition coefficient (Wildman–Crippen LogP) is 4.51. The molecule has 256 valence electrons. The first-order valence-electron chi connectivity index (χ1n) is 15.7. The number of carbonyl (C=O) groups excluding carboxylic acids is 1. The van der Waals surface area contributed by atoms with Gasteiger partial charge in [0.05, 0.1) is 37.4 Å². The van der Waals surface area contributed by atoms with Crippen molar-refractivity contribution in [1.82, 2.24) is 19.7 Å². The predicted molar refractivity (Wildman–Crippen MR) is 175 cm³/mol. The molecule has 4 unspecified atom stereocenters. The number of rotatable bonds is 8. The van der Waals surface area contributed by atoms with Crippen LogP contribution in [-0.2, 0) is 14.8 Å². The number of halogens is 2. The second-order valence-electron chi connectivity index (χ2n) is 12.1. The number of carbonyl (C=O) groups is 2. The van der Waals surface area contributed by atoms with E-state index in [1.54, 1.807) is 31.3 Å². The molecule has 4 atom stereocenters. The zero-order valence-electron chi connectivity index (χ0n) is 26.7. The Hall–Kier alpha value is -3.98. The Morgan fingerprint density at radius 3 is 2.52 bits per heavy atom. The number of hydrogen-bond donors (Lipinski definition) is 1. The molecule has 1 N–H and O–H groups in total. The largest absolute Gasteiger partial charge is 0.495 e. The molecule has 6 rings (SSSR count). The van der Waals surface area contributed by atoms with Gasteiger partial charge in [-0.15, -0.1) is 0 Å². The summed E-state index contributed by atoms with van der Waals surface area (Å²) in [6, 6.07) is 10.4. The second-order valence-corrected chi connectivity index (χ2v) is 14.3. The SMILES string of the molecule is CCOc1ncccc1C1C(C2C(=O)N(S(=O)(=O)c3ccccc3OC)c3ccc(F)cc32)N(C(=O)O)C(Cl)CN1C1CCN(C)CC1. The van der Waals surface area contributed by atoms with Crippen molar-refractivity contribution < 1.29 is 37.0 Å². The molecule has 4 heterocycles. The zero-order chi connectivity index (χ0) is 34.3. The van der Waals surface area contributed by atoms with E-state index in [1.807, 2.05) is 7.05 Å². The Kier molecular flexibility index (Phi) is 9.53. The van der Waals surface area contributed by atoms with Gasteiger partial charge in [-0.2, -0.15) is 0 Å². The Morgan fingerprint density at radius 2 is 1.83 bits per heavy atom. The van der Waals surface area contributed by atoms with Crippen LogP contribution in [-0.4, -0.2) is 103 Å². The topological polar surface area (TPSA) is 133 Å². The van der Waals surface area contributed by atoms with E-state index < -0.39 is 51.3 Å². The number of carboxylic acid groups (broad SMARTS) is 1. The molecule has 48 heavy (non-hydrogen) atoms. The molecule has 3 aliphatic heterocycles. The Labute approximate surface area is 283 Å². The second kappa shape index (κ2) is 13.5. The number of piperidine rings is 1. The maximum atomic E-state index is 15.1. The van der Waals surface area contributed by atoms with Gasteiger partial charge in [0.1, 0.15) is 22.0 Å². The number of amides is 2. The van der Waals surface area contributed by atoms with Crippen molar-refractivity contribution in [3.8, 4) is 11.6 Å². The van der Waals surface area contributed by atoms with Gasteiger partial charge in [0, 0.05) is 24.3 Å². The molecule has 2 saturated heterocycles. The summed E-state index contributed by atoms with van der Waals surface area (Å²) in [5, 5.41) is 10.7. The molecule has 15 heteroatoms. The highest BCUT2D eigenvalue weighted by Crippen LogP contribution is 2.52. The minimum atomic E-state index is -4.64. The third kappa shape index (κ3) is 5.84. The molecule has 1 aromatic heterocycles. The number of methoxy groups -OCH3 is 1. The van der Waals surface area contributed by atoms with Gasteiger partial charge in [-0.3, -0.25) is 14.6 Å². The fourth-order valence-electron chi connectivity index (χ4n) is 7.30. The summed E-state index contributed by atoms with van der Waals surface area (Å²) in [5.74, 6) is -2.89. The highest BCUT2D eigenvalue weighted by atomic mass is 35.5. The first-order chi connectivity index (χ1) is 23.0. The molecule has 12 nitrogen and oxygen atoms in total. The fourth-order valence-corrected chi connectivity index (χ4v) is 9.30. The number of piperazine rings is 1. The smallest absolute Gasteiger partial charge is 0.408 e. The number of benzene rings is 2. The van der Waals surface area contributed by atoms with Gasteiger partial charge in [-0.05, 0) is 81.9 Å². The molecular formula is C33H37ClFN5O7S. The van der Waals surface area contributed by atoms with Gasteiger partial charge < -0.3 is 19.5 Å². The monoisotopic (exact) mass is 701 g/mol. The van der Waals surface area contributed by atoms with E-state index in [0.29, 0.717) is 9.87 Å². The van der Waals surface area contributed by atoms with Gasteiger partial charge in [0.15, 0.2) is 0 Å². The first-order valence-corrected chi connectivity index (χ1v) is 17.6. The van der Waals surface area contributed by atoms with Crippen LogP contribution >= 0.6 is 11.6 Å². The number of pyridine rings is 1. The molecule has 0 aliphatic carbocycles. The summed E-state index contributed by atoms with van der Waals surface area (Å²) in [5.41, 5.74) is -0.675. The van der Waals surface area contributed by atoms with E-state index in [9.17, 15) is 23.1 Å². The molecule has 2 aromatic carbocycles. The van der Waals surface area contributed by atoms with E-state index in [-0.39, 0.29) is 47.0 Å². The number of fused-ring (bicyclic) bond motifs is 1. The molecule has 0 spiro atoms. The lowest BCUT2D eigenvalue weighted by atomic mass is 9.80. The number of anilines is 1. The lowest BCUT2D eigenvalue weighted by molar-refractivity contribution is -0.122. The average molecular weight is 702 g/mol. The number of ether oxygens (including phenoxy) is 2. The molecule has 2 amide bonds. The van der Waals surface area contributed by atoms with Gasteiger partial charge in [-0.1, -0.05) is 29.8 Å². The van der Waals surface area contributed by atoms with Crippen molar-refractivity contribution >= 4 is 39.3 Å². The highest BCUT2D eigenvalue weighted by Gasteiger charge is 2.57. The van der Waals surface area contributed by atoms with Gasteiger partial charge in [0.25, 0.3) is 15.9 Å². The number of likely N-dealkylation sites (tertiary alicyclic amines) is 1. The molecule has 3 aromatic rings. The molecule has 0 radical (unpaired) electrons. The number of nitrogens with zero attached hydrogens (tertiary/aromatic N) is 5. The number of hydrogen-bond acceptors (Lipinski definition) is 9. The van der Waals surface area contributed by atoms with Gasteiger partial charge >= 0.3 is 6.09 Å². The van der Waals surface area contributed by atoms with Crippen LogP contribution < -0.4 is 13.8 Å². The molecule has 0 bridgehead atoms. The average Bonchev–Trinajstić information content (AvgIpc) is 3.36. The highest BCUT2D eigenvalue weighted by molar-refractivity contribution is 7.93. The summed E-state index contributed by atoms with van der Waals surface area (Å²) in [4.78, 5) is 37.4. The van der Waals surface area contributed by atoms with Crippen LogP contribution in [0, 0.1) is 5.82 Å².